The lowest BCUT2D eigenvalue weighted by Gasteiger charge is -2.29. The molecule has 2 aromatic rings. The first-order valence-corrected chi connectivity index (χ1v) is 8.89. The van der Waals surface area contributed by atoms with Crippen LogP contribution in [0.2, 0.25) is 0 Å². The van der Waals surface area contributed by atoms with Crippen molar-refractivity contribution in [3.63, 3.8) is 0 Å². The number of rotatable bonds is 4. The maximum atomic E-state index is 13.8. The summed E-state index contributed by atoms with van der Waals surface area (Å²) in [7, 11) is 0. The number of likely N-dealkylation sites (tertiary alicyclic amines) is 1. The zero-order valence-corrected chi connectivity index (χ0v) is 14.9. The first-order chi connectivity index (χ1) is 13.6. The Morgan fingerprint density at radius 2 is 1.90 bits per heavy atom. The Bertz CT molecular complexity index is 972. The van der Waals surface area contributed by atoms with E-state index in [1.807, 2.05) is 0 Å². The van der Waals surface area contributed by atoms with Crippen molar-refractivity contribution in [3.8, 4) is 0 Å². The maximum Gasteiger partial charge on any atom is 0.449 e. The number of halogens is 6. The van der Waals surface area contributed by atoms with Gasteiger partial charge < -0.3 is 15.2 Å². The minimum absolute atomic E-state index is 0.0994. The fraction of sp³-hybridized carbons (Fsp3) is 0.444. The van der Waals surface area contributed by atoms with Gasteiger partial charge in [-0.15, -0.1) is 0 Å². The van der Waals surface area contributed by atoms with E-state index in [9.17, 15) is 31.1 Å². The second-order valence-electron chi connectivity index (χ2n) is 7.35. The van der Waals surface area contributed by atoms with Crippen LogP contribution >= 0.6 is 0 Å². The number of carbonyl (C=O) groups excluding carboxylic acids is 1. The fourth-order valence-corrected chi connectivity index (χ4v) is 4.19. The van der Waals surface area contributed by atoms with E-state index in [1.54, 1.807) is 0 Å². The number of hydrogen-bond acceptors (Lipinski definition) is 3. The topological polar surface area (TPSA) is 64.2 Å². The highest BCUT2D eigenvalue weighted by Crippen LogP contribution is 2.48. The number of nitrogens with zero attached hydrogens (tertiary/aromatic N) is 3. The lowest BCUT2D eigenvalue weighted by molar-refractivity contribution is -0.148. The first-order valence-electron chi connectivity index (χ1n) is 8.89. The Balaban J connectivity index is 1.44. The van der Waals surface area contributed by atoms with Crippen molar-refractivity contribution in [2.75, 3.05) is 6.54 Å². The van der Waals surface area contributed by atoms with Gasteiger partial charge in [0.15, 0.2) is 11.6 Å². The number of aromatic nitrogens is 2. The van der Waals surface area contributed by atoms with Gasteiger partial charge in [0, 0.05) is 25.1 Å². The summed E-state index contributed by atoms with van der Waals surface area (Å²) in [5, 5.41) is 0. The van der Waals surface area contributed by atoms with Gasteiger partial charge in [-0.1, -0.05) is 0 Å². The van der Waals surface area contributed by atoms with Crippen molar-refractivity contribution < 1.29 is 31.1 Å². The average Bonchev–Trinajstić information content (AvgIpc) is 3.30. The Kier molecular flexibility index (Phi) is 4.60. The Morgan fingerprint density at radius 3 is 2.59 bits per heavy atom. The lowest BCUT2D eigenvalue weighted by Crippen LogP contribution is -2.39. The van der Waals surface area contributed by atoms with Gasteiger partial charge in [-0.25, -0.2) is 18.2 Å². The fourth-order valence-electron chi connectivity index (χ4n) is 4.19. The van der Waals surface area contributed by atoms with Gasteiger partial charge in [-0.3, -0.25) is 4.79 Å². The normalized spacial score (nSPS) is 21.6. The molecule has 2 N–H and O–H groups in total. The number of alkyl halides is 3. The van der Waals surface area contributed by atoms with E-state index < -0.39 is 53.5 Å². The van der Waals surface area contributed by atoms with Gasteiger partial charge in [0.25, 0.3) is 0 Å². The molecule has 3 atom stereocenters. The van der Waals surface area contributed by atoms with E-state index in [4.69, 9.17) is 5.73 Å². The van der Waals surface area contributed by atoms with Crippen LogP contribution in [0.1, 0.15) is 42.0 Å². The van der Waals surface area contributed by atoms with E-state index in [0.29, 0.717) is 24.2 Å². The highest BCUT2D eigenvalue weighted by molar-refractivity contribution is 5.78. The minimum atomic E-state index is -4.57. The van der Waals surface area contributed by atoms with Crippen LogP contribution in [0.4, 0.5) is 26.3 Å². The maximum absolute atomic E-state index is 13.8. The molecule has 156 valence electrons. The molecule has 2 aliphatic heterocycles. The van der Waals surface area contributed by atoms with Crippen molar-refractivity contribution in [3.05, 3.63) is 52.9 Å². The number of hydrogen-bond donors (Lipinski definition) is 1. The van der Waals surface area contributed by atoms with Gasteiger partial charge in [-0.05, 0) is 24.5 Å². The highest BCUT2D eigenvalue weighted by atomic mass is 19.4. The zero-order valence-electron chi connectivity index (χ0n) is 14.9. The SMILES string of the molecule is N[C@@H](CC(=O)N1C[C@H]2C[C@@H]1c1cnc(C(F)(F)F)n12)Cc1cc(F)c(F)cc1F. The third-order valence-electron chi connectivity index (χ3n) is 5.39. The summed E-state index contributed by atoms with van der Waals surface area (Å²) in [4.78, 5) is 17.5. The third kappa shape index (κ3) is 3.37. The van der Waals surface area contributed by atoms with Gasteiger partial charge in [0.2, 0.25) is 11.7 Å². The molecule has 0 saturated carbocycles. The van der Waals surface area contributed by atoms with Crippen LogP contribution in [0.25, 0.3) is 0 Å². The molecule has 1 fully saturated rings. The molecule has 29 heavy (non-hydrogen) atoms. The van der Waals surface area contributed by atoms with Crippen LogP contribution in [0.15, 0.2) is 18.3 Å². The highest BCUT2D eigenvalue weighted by Gasteiger charge is 2.50. The molecule has 1 amide bonds. The summed E-state index contributed by atoms with van der Waals surface area (Å²) >= 11 is 0. The number of carbonyl (C=O) groups is 1. The second-order valence-corrected chi connectivity index (χ2v) is 7.35. The van der Waals surface area contributed by atoms with Gasteiger partial charge >= 0.3 is 6.18 Å². The van der Waals surface area contributed by atoms with Crippen molar-refractivity contribution >= 4 is 5.91 Å². The molecule has 11 heteroatoms. The molecule has 0 radical (unpaired) electrons. The van der Waals surface area contributed by atoms with Crippen molar-refractivity contribution in [1.29, 1.82) is 0 Å². The van der Waals surface area contributed by atoms with Gasteiger partial charge in [0.1, 0.15) is 5.82 Å². The van der Waals surface area contributed by atoms with Crippen LogP contribution in [0.3, 0.4) is 0 Å². The number of benzene rings is 1. The number of imidazole rings is 1. The monoisotopic (exact) mass is 418 g/mol. The molecule has 2 aliphatic rings. The van der Waals surface area contributed by atoms with Crippen LogP contribution in [0, 0.1) is 17.5 Å². The number of amides is 1. The van der Waals surface area contributed by atoms with Crippen molar-refractivity contribution in [2.45, 2.75) is 43.6 Å². The molecule has 2 bridgehead atoms. The summed E-state index contributed by atoms with van der Waals surface area (Å²) in [5.41, 5.74) is 6.06. The molecule has 4 rings (SSSR count). The minimum Gasteiger partial charge on any atom is -0.332 e. The Morgan fingerprint density at radius 1 is 1.21 bits per heavy atom. The van der Waals surface area contributed by atoms with Gasteiger partial charge in [-0.2, -0.15) is 13.2 Å². The van der Waals surface area contributed by atoms with Crippen LogP contribution in [0.5, 0.6) is 0 Å². The van der Waals surface area contributed by atoms with E-state index in [-0.39, 0.29) is 24.9 Å². The summed E-state index contributed by atoms with van der Waals surface area (Å²) < 4.78 is 80.4. The summed E-state index contributed by atoms with van der Waals surface area (Å²) in [6.45, 7) is 0.0994. The van der Waals surface area contributed by atoms with Crippen molar-refractivity contribution in [1.82, 2.24) is 14.5 Å². The predicted octanol–water partition coefficient (Wildman–Crippen LogP) is 3.11. The Labute approximate surface area is 161 Å². The van der Waals surface area contributed by atoms with Gasteiger partial charge in [0.05, 0.1) is 24.0 Å². The van der Waals surface area contributed by atoms with Crippen LogP contribution in [-0.4, -0.2) is 32.9 Å². The number of fused-ring (bicyclic) bond motifs is 5. The third-order valence-corrected chi connectivity index (χ3v) is 5.39. The smallest absolute Gasteiger partial charge is 0.332 e. The molecular formula is C18H16F6N4O. The zero-order chi connectivity index (χ0) is 21.1. The quantitative estimate of drug-likeness (QED) is 0.613. The predicted molar refractivity (Wildman–Crippen MR) is 87.9 cm³/mol. The summed E-state index contributed by atoms with van der Waals surface area (Å²) in [5.74, 6) is -4.87. The van der Waals surface area contributed by atoms with E-state index in [1.165, 1.54) is 4.90 Å². The first kappa shape index (κ1) is 19.7. The van der Waals surface area contributed by atoms with Crippen LogP contribution in [-0.2, 0) is 17.4 Å². The molecule has 1 aromatic carbocycles. The Hall–Kier alpha value is -2.56. The van der Waals surface area contributed by atoms with Crippen molar-refractivity contribution in [2.24, 2.45) is 5.73 Å². The summed E-state index contributed by atoms with van der Waals surface area (Å²) in [6, 6.07) is -0.792. The molecule has 5 nitrogen and oxygen atoms in total. The molecule has 0 aliphatic carbocycles. The standard InChI is InChI=1S/C18H16F6N4O/c19-11-5-13(21)12(20)2-8(11)1-9(25)3-16(29)27-7-10-4-14(27)15-6-26-17(28(10)15)18(22,23)24/h2,5-6,9-10,14H,1,3-4,7,25H2/t9-,10-,14-/m1/s1. The number of nitrogens with two attached hydrogens (primary N) is 1. The van der Waals surface area contributed by atoms with Crippen LogP contribution < -0.4 is 5.73 Å². The molecule has 3 heterocycles. The van der Waals surface area contributed by atoms with E-state index >= 15 is 0 Å². The molecular weight excluding hydrogens is 402 g/mol. The van der Waals surface area contributed by atoms with E-state index in [2.05, 4.69) is 4.98 Å². The lowest BCUT2D eigenvalue weighted by atomic mass is 10.0. The molecule has 1 aromatic heterocycles. The molecule has 0 spiro atoms. The molecule has 0 unspecified atom stereocenters. The molecule has 1 saturated heterocycles. The summed E-state index contributed by atoms with van der Waals surface area (Å²) in [6.07, 6.45) is -3.48. The average molecular weight is 418 g/mol. The second kappa shape index (κ2) is 6.75. The largest absolute Gasteiger partial charge is 0.449 e. The van der Waals surface area contributed by atoms with E-state index in [0.717, 1.165) is 10.8 Å².